The normalized spacial score (nSPS) is 21.2. The number of nitrogens with one attached hydrogen (secondary N) is 2. The number of pyridine rings is 1. The van der Waals surface area contributed by atoms with Crippen molar-refractivity contribution in [2.75, 3.05) is 11.9 Å². The van der Waals surface area contributed by atoms with Gasteiger partial charge in [0.2, 0.25) is 0 Å². The van der Waals surface area contributed by atoms with Gasteiger partial charge in [-0.2, -0.15) is 0 Å². The van der Waals surface area contributed by atoms with Crippen LogP contribution in [0, 0.1) is 22.4 Å². The molecule has 1 aliphatic heterocycles. The maximum atomic E-state index is 6.31. The summed E-state index contributed by atoms with van der Waals surface area (Å²) in [6, 6.07) is 6.26. The zero-order chi connectivity index (χ0) is 31.0. The van der Waals surface area contributed by atoms with Crippen LogP contribution in [0.1, 0.15) is 91.4 Å². The minimum atomic E-state index is -0.00921. The highest BCUT2D eigenvalue weighted by atomic mass is 32.1. The second-order valence-corrected chi connectivity index (χ2v) is 13.9. The fourth-order valence-electron chi connectivity index (χ4n) is 6.78. The Morgan fingerprint density at radius 1 is 1.12 bits per heavy atom. The van der Waals surface area contributed by atoms with Crippen molar-refractivity contribution < 1.29 is 0 Å². The van der Waals surface area contributed by atoms with Crippen molar-refractivity contribution in [3.63, 3.8) is 0 Å². The van der Waals surface area contributed by atoms with Gasteiger partial charge in [-0.05, 0) is 140 Å². The summed E-state index contributed by atoms with van der Waals surface area (Å²) < 4.78 is 0.734. The highest BCUT2D eigenvalue weighted by molar-refractivity contribution is 7.71. The molecule has 1 aromatic heterocycles. The highest BCUT2D eigenvalue weighted by Gasteiger charge is 2.41. The Kier molecular flexibility index (Phi) is 11.5. The van der Waals surface area contributed by atoms with Crippen LogP contribution < -0.4 is 16.8 Å². The minimum Gasteiger partial charge on any atom is -0.402 e. The van der Waals surface area contributed by atoms with Crippen molar-refractivity contribution in [2.24, 2.45) is 34.2 Å². The first kappa shape index (κ1) is 32.8. The van der Waals surface area contributed by atoms with Crippen molar-refractivity contribution in [1.29, 1.82) is 0 Å². The summed E-state index contributed by atoms with van der Waals surface area (Å²) in [5.74, 6) is 3.93. The average Bonchev–Trinajstić information content (AvgIpc) is 3.87. The number of rotatable bonds is 17. The van der Waals surface area contributed by atoms with Gasteiger partial charge >= 0.3 is 0 Å². The number of likely N-dealkylation sites (tertiary alicyclic amines) is 1. The van der Waals surface area contributed by atoms with Gasteiger partial charge in [-0.25, -0.2) is 0 Å². The van der Waals surface area contributed by atoms with E-state index >= 15 is 0 Å². The number of aliphatic imine (C=N–C) groups is 1. The molecule has 2 heterocycles. The molecule has 3 fully saturated rings. The fourth-order valence-corrected chi connectivity index (χ4v) is 6.97. The molecule has 0 radical (unpaired) electrons. The summed E-state index contributed by atoms with van der Waals surface area (Å²) in [4.78, 5) is 10.2. The lowest BCUT2D eigenvalue weighted by Crippen LogP contribution is -2.42. The number of nitrogens with zero attached hydrogens (tertiary/aromatic N) is 2. The fraction of sp³-hybridized carbons (Fsp3) is 0.556. The van der Waals surface area contributed by atoms with E-state index in [4.69, 9.17) is 23.7 Å². The lowest BCUT2D eigenvalue weighted by atomic mass is 9.91. The first-order chi connectivity index (χ1) is 20.5. The third kappa shape index (κ3) is 9.99. The van der Waals surface area contributed by atoms with Gasteiger partial charge in [0.05, 0.1) is 0 Å². The van der Waals surface area contributed by atoms with Crippen LogP contribution in [0.5, 0.6) is 0 Å². The Balaban J connectivity index is 1.30. The Morgan fingerprint density at radius 2 is 1.84 bits per heavy atom. The van der Waals surface area contributed by atoms with Crippen LogP contribution in [-0.4, -0.2) is 34.2 Å². The van der Waals surface area contributed by atoms with Gasteiger partial charge in [0.15, 0.2) is 0 Å². The predicted octanol–water partition coefficient (Wildman–Crippen LogP) is 8.52. The molecular formula is C36H54N6S. The molecule has 1 saturated heterocycles. The molecule has 0 aromatic carbocycles. The van der Waals surface area contributed by atoms with E-state index in [0.717, 1.165) is 89.5 Å². The van der Waals surface area contributed by atoms with Gasteiger partial charge in [0.1, 0.15) is 10.5 Å². The van der Waals surface area contributed by atoms with Crippen LogP contribution in [0.3, 0.4) is 0 Å². The third-order valence-corrected chi connectivity index (χ3v) is 9.61. The van der Waals surface area contributed by atoms with Crippen LogP contribution >= 0.6 is 12.2 Å². The molecule has 234 valence electrons. The first-order valence-electron chi connectivity index (χ1n) is 16.3. The highest BCUT2D eigenvalue weighted by Crippen LogP contribution is 2.51. The zero-order valence-electron chi connectivity index (χ0n) is 26.7. The Bertz CT molecular complexity index is 1290. The van der Waals surface area contributed by atoms with Crippen molar-refractivity contribution >= 4 is 24.3 Å². The first-order valence-corrected chi connectivity index (χ1v) is 16.7. The van der Waals surface area contributed by atoms with E-state index in [9.17, 15) is 0 Å². The average molecular weight is 603 g/mol. The Morgan fingerprint density at radius 3 is 2.49 bits per heavy atom. The zero-order valence-corrected chi connectivity index (χ0v) is 27.5. The van der Waals surface area contributed by atoms with Gasteiger partial charge in [0, 0.05) is 52.7 Å². The second-order valence-electron chi connectivity index (χ2n) is 13.5. The molecule has 1 aromatic rings. The molecule has 0 amide bonds. The van der Waals surface area contributed by atoms with E-state index in [2.05, 4.69) is 47.2 Å². The summed E-state index contributed by atoms with van der Waals surface area (Å²) >= 11 is 5.23. The van der Waals surface area contributed by atoms with Crippen molar-refractivity contribution in [1.82, 2.24) is 9.88 Å². The largest absolute Gasteiger partial charge is 0.402 e. The number of allylic oxidation sites excluding steroid dienone is 5. The smallest absolute Gasteiger partial charge is 0.104 e. The summed E-state index contributed by atoms with van der Waals surface area (Å²) in [5, 5.41) is 3.46. The molecule has 7 heteroatoms. The molecule has 43 heavy (non-hydrogen) atoms. The van der Waals surface area contributed by atoms with Crippen molar-refractivity contribution in [2.45, 2.75) is 103 Å². The number of anilines is 1. The lowest BCUT2D eigenvalue weighted by Gasteiger charge is -2.40. The van der Waals surface area contributed by atoms with Crippen LogP contribution in [0.25, 0.3) is 0 Å². The van der Waals surface area contributed by atoms with Crippen molar-refractivity contribution in [3.8, 4) is 0 Å². The SMILES string of the molecule is C=C(N)/C(=C/C=C(\C)N=CC=C(N)CCCC(C1CC1)C1CC1)C(=C)N1C(CCCNc2cccc(=S)[nH]2)CCC1(C)C. The van der Waals surface area contributed by atoms with E-state index < -0.39 is 0 Å². The summed E-state index contributed by atoms with van der Waals surface area (Å²) in [6.07, 6.45) is 21.3. The van der Waals surface area contributed by atoms with Crippen LogP contribution in [-0.2, 0) is 0 Å². The maximum absolute atomic E-state index is 6.31. The predicted molar refractivity (Wildman–Crippen MR) is 186 cm³/mol. The number of H-pyrrole nitrogens is 1. The van der Waals surface area contributed by atoms with E-state index in [0.29, 0.717) is 11.7 Å². The Labute approximate surface area is 265 Å². The third-order valence-electron chi connectivity index (χ3n) is 9.37. The maximum Gasteiger partial charge on any atom is 0.104 e. The van der Waals surface area contributed by atoms with E-state index in [1.807, 2.05) is 49.6 Å². The molecular weight excluding hydrogens is 549 g/mol. The molecule has 6 nitrogen and oxygen atoms in total. The van der Waals surface area contributed by atoms with Crippen LogP contribution in [0.2, 0.25) is 0 Å². The van der Waals surface area contributed by atoms with Gasteiger partial charge in [-0.3, -0.25) is 4.99 Å². The van der Waals surface area contributed by atoms with Gasteiger partial charge < -0.3 is 26.7 Å². The number of aromatic nitrogens is 1. The summed E-state index contributed by atoms with van der Waals surface area (Å²) in [5.41, 5.74) is 16.7. The molecule has 2 aliphatic carbocycles. The standard InChI is InChI=1S/C36H54N6S/c1-25(39-24-21-30(38)9-6-11-33(28-15-16-28)29-17-18-29)14-19-32(26(2)37)27(3)42-31(20-22-36(42,4)5)10-8-23-40-34-12-7-13-35(43)41-34/h7,12-14,19,21,24,28-29,31,33H,2-3,6,8-11,15-18,20,22-23,37-38H2,1,4-5H3,(H2,40,41,43)/b25-14+,30-21?,32-19-,39-24?. The topological polar surface area (TPSA) is 95.5 Å². The monoisotopic (exact) mass is 602 g/mol. The van der Waals surface area contributed by atoms with E-state index in [1.165, 1.54) is 38.5 Å². The molecule has 4 rings (SSSR count). The van der Waals surface area contributed by atoms with Gasteiger partial charge in [-0.15, -0.1) is 0 Å². The van der Waals surface area contributed by atoms with Crippen LogP contribution in [0.4, 0.5) is 5.82 Å². The van der Waals surface area contributed by atoms with E-state index in [-0.39, 0.29) is 5.54 Å². The Hall–Kier alpha value is -3.06. The summed E-state index contributed by atoms with van der Waals surface area (Å²) in [7, 11) is 0. The van der Waals surface area contributed by atoms with Crippen molar-refractivity contribution in [3.05, 3.63) is 82.6 Å². The number of nitrogens with two attached hydrogens (primary N) is 2. The molecule has 0 bridgehead atoms. The number of hydrogen-bond donors (Lipinski definition) is 4. The number of aromatic amines is 1. The quantitative estimate of drug-likeness (QED) is 0.0620. The van der Waals surface area contributed by atoms with Gasteiger partial charge in [0.25, 0.3) is 0 Å². The number of hydrogen-bond acceptors (Lipinski definition) is 6. The summed E-state index contributed by atoms with van der Waals surface area (Å²) in [6.45, 7) is 16.0. The molecule has 6 N–H and O–H groups in total. The molecule has 0 spiro atoms. The van der Waals surface area contributed by atoms with Gasteiger partial charge in [-0.1, -0.05) is 31.4 Å². The molecule has 1 unspecified atom stereocenters. The van der Waals surface area contributed by atoms with E-state index in [1.54, 1.807) is 0 Å². The molecule has 2 saturated carbocycles. The second kappa shape index (κ2) is 15.1. The molecule has 3 aliphatic rings. The molecule has 1 atom stereocenters. The minimum absolute atomic E-state index is 0.00921. The van der Waals surface area contributed by atoms with Crippen LogP contribution in [0.15, 0.2) is 82.9 Å². The lowest BCUT2D eigenvalue weighted by molar-refractivity contribution is 0.177.